The maximum atomic E-state index is 11.8. The van der Waals surface area contributed by atoms with E-state index in [1.165, 1.54) is 5.56 Å². The summed E-state index contributed by atoms with van der Waals surface area (Å²) in [6, 6.07) is 3.85. The molecule has 1 rings (SSSR count). The number of benzene rings is 1. The summed E-state index contributed by atoms with van der Waals surface area (Å²) >= 11 is 0. The maximum Gasteiger partial charge on any atom is 0.319 e. The Morgan fingerprint density at radius 3 is 2.24 bits per heavy atom. The van der Waals surface area contributed by atoms with Crippen molar-refractivity contribution in [3.63, 3.8) is 0 Å². The topological polar surface area (TPSA) is 78.4 Å². The fraction of sp³-hybridized carbons (Fsp3) is 0.500. The predicted molar refractivity (Wildman–Crippen MR) is 83.8 cm³/mol. The van der Waals surface area contributed by atoms with Gasteiger partial charge in [0.25, 0.3) is 0 Å². The highest BCUT2D eigenvalue weighted by Gasteiger charge is 2.07. The second-order valence-electron chi connectivity index (χ2n) is 5.36. The zero-order valence-electron chi connectivity index (χ0n) is 13.0. The first-order chi connectivity index (χ1) is 9.90. The van der Waals surface area contributed by atoms with Gasteiger partial charge in [0.2, 0.25) is 0 Å². The lowest BCUT2D eigenvalue weighted by Gasteiger charge is -2.13. The van der Waals surface area contributed by atoms with Crippen LogP contribution in [-0.4, -0.2) is 23.7 Å². The average Bonchev–Trinajstić information content (AvgIpc) is 2.37. The van der Waals surface area contributed by atoms with Crippen molar-refractivity contribution in [2.75, 3.05) is 11.9 Å². The van der Waals surface area contributed by atoms with Crippen LogP contribution >= 0.6 is 0 Å². The Morgan fingerprint density at radius 1 is 1.05 bits per heavy atom. The number of hydrogen-bond donors (Lipinski definition) is 3. The zero-order chi connectivity index (χ0) is 15.8. The molecule has 0 bridgehead atoms. The number of nitrogens with one attached hydrogen (secondary N) is 2. The minimum absolute atomic E-state index is 0.188. The third kappa shape index (κ3) is 6.29. The molecule has 0 aliphatic heterocycles. The van der Waals surface area contributed by atoms with E-state index in [1.54, 1.807) is 0 Å². The molecule has 0 unspecified atom stereocenters. The fourth-order valence-corrected chi connectivity index (χ4v) is 2.31. The SMILES string of the molecule is Cc1cc(C)c(NC(=O)NCCCCCC(=O)O)c(C)c1. The first-order valence-electron chi connectivity index (χ1n) is 7.24. The number of aryl methyl sites for hydroxylation is 3. The minimum atomic E-state index is -0.772. The van der Waals surface area contributed by atoms with Crippen molar-refractivity contribution in [3.05, 3.63) is 28.8 Å². The molecule has 21 heavy (non-hydrogen) atoms. The van der Waals surface area contributed by atoms with Crippen molar-refractivity contribution >= 4 is 17.7 Å². The van der Waals surface area contributed by atoms with Gasteiger partial charge in [-0.05, 0) is 44.7 Å². The molecule has 5 nitrogen and oxygen atoms in total. The van der Waals surface area contributed by atoms with Gasteiger partial charge < -0.3 is 15.7 Å². The Bertz CT molecular complexity index is 489. The normalized spacial score (nSPS) is 10.2. The van der Waals surface area contributed by atoms with Crippen molar-refractivity contribution in [1.29, 1.82) is 0 Å². The lowest BCUT2D eigenvalue weighted by atomic mass is 10.1. The van der Waals surface area contributed by atoms with E-state index in [0.717, 1.165) is 29.7 Å². The molecule has 0 fully saturated rings. The molecule has 0 radical (unpaired) electrons. The Labute approximate surface area is 125 Å². The summed E-state index contributed by atoms with van der Waals surface area (Å²) in [6.45, 7) is 6.53. The molecule has 1 aromatic carbocycles. The maximum absolute atomic E-state index is 11.8. The Morgan fingerprint density at radius 2 is 1.67 bits per heavy atom. The number of unbranched alkanes of at least 4 members (excludes halogenated alkanes) is 2. The minimum Gasteiger partial charge on any atom is -0.481 e. The number of rotatable bonds is 7. The first-order valence-corrected chi connectivity index (χ1v) is 7.24. The predicted octanol–water partition coefficient (Wildman–Crippen LogP) is 3.38. The van der Waals surface area contributed by atoms with Crippen LogP contribution in [0.25, 0.3) is 0 Å². The number of carboxylic acid groups (broad SMARTS) is 1. The van der Waals surface area contributed by atoms with E-state index >= 15 is 0 Å². The Balaban J connectivity index is 2.33. The van der Waals surface area contributed by atoms with E-state index in [0.29, 0.717) is 13.0 Å². The van der Waals surface area contributed by atoms with E-state index in [1.807, 2.05) is 32.9 Å². The van der Waals surface area contributed by atoms with Gasteiger partial charge in [0.1, 0.15) is 0 Å². The monoisotopic (exact) mass is 292 g/mol. The quantitative estimate of drug-likeness (QED) is 0.674. The number of carbonyl (C=O) groups is 2. The smallest absolute Gasteiger partial charge is 0.319 e. The van der Waals surface area contributed by atoms with Crippen LogP contribution in [0.4, 0.5) is 10.5 Å². The van der Waals surface area contributed by atoms with Crippen LogP contribution in [0.1, 0.15) is 42.4 Å². The van der Waals surface area contributed by atoms with Gasteiger partial charge >= 0.3 is 12.0 Å². The third-order valence-electron chi connectivity index (χ3n) is 3.27. The Kier molecular flexibility index (Phi) is 6.72. The summed E-state index contributed by atoms with van der Waals surface area (Å²) in [5.41, 5.74) is 4.12. The summed E-state index contributed by atoms with van der Waals surface area (Å²) in [5.74, 6) is -0.772. The van der Waals surface area contributed by atoms with Crippen LogP contribution in [0.2, 0.25) is 0 Å². The van der Waals surface area contributed by atoms with Gasteiger partial charge in [-0.3, -0.25) is 4.79 Å². The van der Waals surface area contributed by atoms with Crippen molar-refractivity contribution in [2.45, 2.75) is 46.5 Å². The van der Waals surface area contributed by atoms with Gasteiger partial charge in [-0.2, -0.15) is 0 Å². The third-order valence-corrected chi connectivity index (χ3v) is 3.27. The number of hydrogen-bond acceptors (Lipinski definition) is 2. The lowest BCUT2D eigenvalue weighted by Crippen LogP contribution is -2.30. The van der Waals surface area contributed by atoms with Gasteiger partial charge in [0.05, 0.1) is 0 Å². The van der Waals surface area contributed by atoms with Crippen LogP contribution in [0.3, 0.4) is 0 Å². The highest BCUT2D eigenvalue weighted by atomic mass is 16.4. The van der Waals surface area contributed by atoms with Crippen LogP contribution in [0.5, 0.6) is 0 Å². The fourth-order valence-electron chi connectivity index (χ4n) is 2.31. The second-order valence-corrected chi connectivity index (χ2v) is 5.36. The van der Waals surface area contributed by atoms with Crippen molar-refractivity contribution < 1.29 is 14.7 Å². The van der Waals surface area contributed by atoms with Gasteiger partial charge in [-0.1, -0.05) is 24.1 Å². The average molecular weight is 292 g/mol. The molecule has 0 spiro atoms. The lowest BCUT2D eigenvalue weighted by molar-refractivity contribution is -0.137. The van der Waals surface area contributed by atoms with Crippen LogP contribution in [0, 0.1) is 20.8 Å². The Hall–Kier alpha value is -2.04. The first kappa shape index (κ1) is 17.0. The molecule has 3 N–H and O–H groups in total. The summed E-state index contributed by atoms with van der Waals surface area (Å²) in [4.78, 5) is 22.2. The molecule has 0 aliphatic rings. The number of urea groups is 1. The van der Waals surface area contributed by atoms with E-state index < -0.39 is 5.97 Å². The molecule has 0 saturated carbocycles. The van der Waals surface area contributed by atoms with E-state index in [4.69, 9.17) is 5.11 Å². The molecule has 0 heterocycles. The summed E-state index contributed by atoms with van der Waals surface area (Å²) in [5, 5.41) is 14.2. The number of carbonyl (C=O) groups excluding carboxylic acids is 1. The van der Waals surface area contributed by atoms with Crippen LogP contribution in [-0.2, 0) is 4.79 Å². The molecule has 0 saturated heterocycles. The van der Waals surface area contributed by atoms with Crippen LogP contribution in [0.15, 0.2) is 12.1 Å². The molecule has 0 atom stereocenters. The molecule has 116 valence electrons. The van der Waals surface area contributed by atoms with Gasteiger partial charge in [-0.15, -0.1) is 0 Å². The number of carboxylic acids is 1. The van der Waals surface area contributed by atoms with Gasteiger partial charge in [0.15, 0.2) is 0 Å². The molecule has 5 heteroatoms. The van der Waals surface area contributed by atoms with E-state index in [-0.39, 0.29) is 12.5 Å². The van der Waals surface area contributed by atoms with Gasteiger partial charge in [0, 0.05) is 18.7 Å². The highest BCUT2D eigenvalue weighted by molar-refractivity contribution is 5.91. The largest absolute Gasteiger partial charge is 0.481 e. The number of aliphatic carboxylic acids is 1. The summed E-state index contributed by atoms with van der Waals surface area (Å²) in [6.07, 6.45) is 2.42. The summed E-state index contributed by atoms with van der Waals surface area (Å²) in [7, 11) is 0. The van der Waals surface area contributed by atoms with E-state index in [2.05, 4.69) is 10.6 Å². The molecule has 1 aromatic rings. The number of anilines is 1. The second kappa shape index (κ2) is 8.29. The zero-order valence-corrected chi connectivity index (χ0v) is 13.0. The van der Waals surface area contributed by atoms with Gasteiger partial charge in [-0.25, -0.2) is 4.79 Å². The molecular weight excluding hydrogens is 268 g/mol. The van der Waals surface area contributed by atoms with E-state index in [9.17, 15) is 9.59 Å². The highest BCUT2D eigenvalue weighted by Crippen LogP contribution is 2.21. The number of amides is 2. The van der Waals surface area contributed by atoms with Crippen molar-refractivity contribution in [2.24, 2.45) is 0 Å². The van der Waals surface area contributed by atoms with Crippen molar-refractivity contribution in [3.8, 4) is 0 Å². The molecule has 2 amide bonds. The molecular formula is C16H24N2O3. The molecule has 0 aromatic heterocycles. The summed E-state index contributed by atoms with van der Waals surface area (Å²) < 4.78 is 0. The van der Waals surface area contributed by atoms with Crippen molar-refractivity contribution in [1.82, 2.24) is 5.32 Å². The van der Waals surface area contributed by atoms with Crippen LogP contribution < -0.4 is 10.6 Å². The molecule has 0 aliphatic carbocycles. The standard InChI is InChI=1S/C16H24N2O3/c1-11-9-12(2)15(13(3)10-11)18-16(21)17-8-6-4-5-7-14(19)20/h9-10H,4-8H2,1-3H3,(H,19,20)(H2,17,18,21).